The summed E-state index contributed by atoms with van der Waals surface area (Å²) in [7, 11) is 0. The van der Waals surface area contributed by atoms with Crippen molar-refractivity contribution in [1.29, 1.82) is 0 Å². The Balaban J connectivity index is 1.69. The fourth-order valence-corrected chi connectivity index (χ4v) is 3.35. The van der Waals surface area contributed by atoms with Gasteiger partial charge in [-0.25, -0.2) is 13.8 Å². The summed E-state index contributed by atoms with van der Waals surface area (Å²) in [5, 5.41) is 6.93. The number of amides is 1. The largest absolute Gasteiger partial charge is 0.408 e. The zero-order chi connectivity index (χ0) is 22.2. The molecule has 12 heteroatoms. The van der Waals surface area contributed by atoms with Crippen LogP contribution in [0, 0.1) is 5.82 Å². The number of hydrogen-bond donors (Lipinski definition) is 1. The van der Waals surface area contributed by atoms with Gasteiger partial charge >= 0.3 is 6.18 Å². The van der Waals surface area contributed by atoms with Crippen molar-refractivity contribution in [2.24, 2.45) is 0 Å². The zero-order valence-corrected chi connectivity index (χ0v) is 16.0. The number of nitrogens with zero attached hydrogens (tertiary/aromatic N) is 5. The van der Waals surface area contributed by atoms with Crippen LogP contribution in [0.3, 0.4) is 0 Å². The molecule has 164 valence electrons. The monoisotopic (exact) mass is 440 g/mol. The van der Waals surface area contributed by atoms with Gasteiger partial charge < -0.3 is 10.2 Å². The summed E-state index contributed by atoms with van der Waals surface area (Å²) in [6.07, 6.45) is -2.91. The highest BCUT2D eigenvalue weighted by atomic mass is 19.4. The molecule has 3 aromatic rings. The number of fused-ring (bicyclic) bond motifs is 1. The molecule has 0 saturated carbocycles. The van der Waals surface area contributed by atoms with Crippen molar-refractivity contribution in [2.75, 3.05) is 18.4 Å². The molecule has 1 N–H and O–H groups in total. The first-order chi connectivity index (χ1) is 14.7. The molecule has 31 heavy (non-hydrogen) atoms. The fraction of sp³-hybridized carbons (Fsp3) is 0.368. The van der Waals surface area contributed by atoms with Crippen LogP contribution in [0.1, 0.15) is 23.3 Å². The average molecular weight is 440 g/mol. The molecule has 1 aliphatic rings. The Morgan fingerprint density at radius 2 is 1.90 bits per heavy atom. The summed E-state index contributed by atoms with van der Waals surface area (Å²) in [5.41, 5.74) is -0.0137. The van der Waals surface area contributed by atoms with Gasteiger partial charge in [-0.3, -0.25) is 14.5 Å². The molecule has 0 aromatic carbocycles. The molecule has 0 bridgehead atoms. The number of piperidine rings is 1. The smallest absolute Gasteiger partial charge is 0.337 e. The van der Waals surface area contributed by atoms with Gasteiger partial charge in [0.15, 0.2) is 5.82 Å². The van der Waals surface area contributed by atoms with Gasteiger partial charge in [0.1, 0.15) is 30.0 Å². The highest BCUT2D eigenvalue weighted by molar-refractivity contribution is 5.98. The molecule has 7 nitrogen and oxygen atoms in total. The predicted molar refractivity (Wildman–Crippen MR) is 101 cm³/mol. The second-order valence-electron chi connectivity index (χ2n) is 7.16. The maximum atomic E-state index is 13.3. The van der Waals surface area contributed by atoms with Crippen molar-refractivity contribution in [3.8, 4) is 0 Å². The van der Waals surface area contributed by atoms with Gasteiger partial charge in [0, 0.05) is 19.3 Å². The van der Waals surface area contributed by atoms with Gasteiger partial charge in [-0.2, -0.15) is 18.3 Å². The Bertz CT molecular complexity index is 1090. The molecule has 1 saturated heterocycles. The van der Waals surface area contributed by atoms with E-state index in [1.54, 1.807) is 0 Å². The lowest BCUT2D eigenvalue weighted by Gasteiger charge is -2.28. The Kier molecular flexibility index (Phi) is 5.46. The Hall–Kier alpha value is -3.31. The van der Waals surface area contributed by atoms with Crippen molar-refractivity contribution in [3.05, 3.63) is 42.1 Å². The summed E-state index contributed by atoms with van der Waals surface area (Å²) >= 11 is 0. The van der Waals surface area contributed by atoms with E-state index in [1.807, 2.05) is 0 Å². The van der Waals surface area contributed by atoms with E-state index in [4.69, 9.17) is 0 Å². The zero-order valence-electron chi connectivity index (χ0n) is 16.0. The summed E-state index contributed by atoms with van der Waals surface area (Å²) in [5.74, 6) is -0.847. The van der Waals surface area contributed by atoms with Gasteiger partial charge in [0.2, 0.25) is 0 Å². The maximum absolute atomic E-state index is 13.3. The van der Waals surface area contributed by atoms with Gasteiger partial charge in [0.25, 0.3) is 5.91 Å². The van der Waals surface area contributed by atoms with Crippen molar-refractivity contribution >= 4 is 28.4 Å². The minimum absolute atomic E-state index is 0.0306. The van der Waals surface area contributed by atoms with Crippen LogP contribution in [0.5, 0.6) is 0 Å². The average Bonchev–Trinajstić information content (AvgIpc) is 3.04. The third-order valence-corrected chi connectivity index (χ3v) is 4.87. The molecule has 0 aliphatic carbocycles. The number of rotatable bonds is 4. The molecular weight excluding hydrogens is 423 g/mol. The molecule has 3 aromatic heterocycles. The molecule has 4 heterocycles. The molecule has 0 spiro atoms. The highest BCUT2D eigenvalue weighted by Crippen LogP contribution is 2.29. The number of alkyl halides is 4. The minimum Gasteiger partial charge on any atom is -0.337 e. The first-order valence-electron chi connectivity index (χ1n) is 9.45. The van der Waals surface area contributed by atoms with Crippen LogP contribution < -0.4 is 5.32 Å². The van der Waals surface area contributed by atoms with Crippen LogP contribution in [0.2, 0.25) is 0 Å². The summed E-state index contributed by atoms with van der Waals surface area (Å²) in [6.45, 7) is -0.956. The predicted octanol–water partition coefficient (Wildman–Crippen LogP) is 3.85. The van der Waals surface area contributed by atoms with E-state index in [0.717, 1.165) is 12.3 Å². The molecule has 1 fully saturated rings. The van der Waals surface area contributed by atoms with Crippen molar-refractivity contribution < 1.29 is 26.7 Å². The Morgan fingerprint density at radius 3 is 2.55 bits per heavy atom. The number of aromatic nitrogens is 4. The molecule has 0 atom stereocenters. The molecule has 1 aliphatic heterocycles. The van der Waals surface area contributed by atoms with E-state index < -0.39 is 30.6 Å². The number of halogens is 5. The highest BCUT2D eigenvalue weighted by Gasteiger charge is 2.31. The molecule has 4 rings (SSSR count). The van der Waals surface area contributed by atoms with Gasteiger partial charge in [-0.05, 0) is 31.0 Å². The van der Waals surface area contributed by atoms with Crippen molar-refractivity contribution in [1.82, 2.24) is 24.6 Å². The van der Waals surface area contributed by atoms with E-state index in [1.165, 1.54) is 23.2 Å². The van der Waals surface area contributed by atoms with Crippen molar-refractivity contribution in [2.45, 2.75) is 31.7 Å². The van der Waals surface area contributed by atoms with Crippen molar-refractivity contribution in [3.63, 3.8) is 0 Å². The number of likely N-dealkylation sites (tertiary alicyclic amines) is 1. The molecule has 1 amide bonds. The number of anilines is 2. The van der Waals surface area contributed by atoms with E-state index in [0.29, 0.717) is 4.68 Å². The maximum Gasteiger partial charge on any atom is 0.408 e. The molecular formula is C19H17F5N6O. The molecule has 0 unspecified atom stereocenters. The fourth-order valence-electron chi connectivity index (χ4n) is 3.35. The number of carbonyl (C=O) groups excluding carboxylic acids is 1. The summed E-state index contributed by atoms with van der Waals surface area (Å²) in [4.78, 5) is 22.0. The second kappa shape index (κ2) is 8.08. The van der Waals surface area contributed by atoms with Crippen LogP contribution in [0.4, 0.5) is 33.6 Å². The third kappa shape index (κ3) is 4.72. The van der Waals surface area contributed by atoms with Gasteiger partial charge in [-0.1, -0.05) is 0 Å². The van der Waals surface area contributed by atoms with E-state index in [-0.39, 0.29) is 54.2 Å². The minimum atomic E-state index is -4.55. The quantitative estimate of drug-likeness (QED) is 0.624. The van der Waals surface area contributed by atoms with Gasteiger partial charge in [-0.15, -0.1) is 0 Å². The second-order valence-corrected chi connectivity index (χ2v) is 7.16. The lowest BCUT2D eigenvalue weighted by molar-refractivity contribution is -0.141. The van der Waals surface area contributed by atoms with Crippen LogP contribution in [0.15, 0.2) is 30.6 Å². The van der Waals surface area contributed by atoms with Crippen LogP contribution >= 0.6 is 0 Å². The Morgan fingerprint density at radius 1 is 1.16 bits per heavy atom. The van der Waals surface area contributed by atoms with Crippen LogP contribution in [0.25, 0.3) is 10.9 Å². The van der Waals surface area contributed by atoms with Crippen LogP contribution in [-0.2, 0) is 6.54 Å². The lowest BCUT2D eigenvalue weighted by Crippen LogP contribution is -2.39. The van der Waals surface area contributed by atoms with Gasteiger partial charge in [0.05, 0.1) is 17.1 Å². The summed E-state index contributed by atoms with van der Waals surface area (Å²) < 4.78 is 66.3. The first-order valence-corrected chi connectivity index (χ1v) is 9.45. The number of hydrogen-bond acceptors (Lipinski definition) is 5. The van der Waals surface area contributed by atoms with Crippen LogP contribution in [-0.4, -0.2) is 56.0 Å². The number of nitrogens with one attached hydrogen (secondary N) is 1. The first kappa shape index (κ1) is 20.9. The van der Waals surface area contributed by atoms with E-state index >= 15 is 0 Å². The Labute approximate surface area is 172 Å². The lowest BCUT2D eigenvalue weighted by atomic mass is 10.1. The number of pyridine rings is 2. The van der Waals surface area contributed by atoms with E-state index in [9.17, 15) is 26.7 Å². The summed E-state index contributed by atoms with van der Waals surface area (Å²) in [6, 6.07) is 3.69. The standard InChI is InChI=1S/C19H17F5N6O/c20-11-3-5-29(6-4-11)18(31)14-7-15-13(9-25-14)17(28-30(15)10-19(22,23)24)27-16-2-1-12(21)8-26-16/h1-2,7-9,11H,3-6,10H2,(H,26,27,28). The number of carbonyl (C=O) groups is 1. The topological polar surface area (TPSA) is 75.9 Å². The molecule has 0 radical (unpaired) electrons. The SMILES string of the molecule is O=C(c1cc2c(cn1)c(Nc1ccc(F)cn1)nn2CC(F)(F)F)N1CCC(F)CC1. The third-order valence-electron chi connectivity index (χ3n) is 4.87. The van der Waals surface area contributed by atoms with E-state index in [2.05, 4.69) is 20.4 Å². The normalized spacial score (nSPS) is 15.5.